The Bertz CT molecular complexity index is 1030. The largest absolute Gasteiger partial charge is 0.463 e. The molecule has 0 bridgehead atoms. The van der Waals surface area contributed by atoms with Gasteiger partial charge in [0.15, 0.2) is 0 Å². The Morgan fingerprint density at radius 3 is 2.57 bits per heavy atom. The van der Waals surface area contributed by atoms with Crippen LogP contribution in [0.1, 0.15) is 33.3 Å². The van der Waals surface area contributed by atoms with Crippen LogP contribution in [0.4, 0.5) is 4.79 Å². The lowest BCUT2D eigenvalue weighted by molar-refractivity contribution is -0.137. The number of nitrogens with zero attached hydrogens (tertiary/aromatic N) is 5. The van der Waals surface area contributed by atoms with E-state index in [1.807, 2.05) is 0 Å². The lowest BCUT2D eigenvalue weighted by atomic mass is 10.2. The Balaban J connectivity index is 2.09. The van der Waals surface area contributed by atoms with Gasteiger partial charge in [-0.25, -0.2) is 14.6 Å². The van der Waals surface area contributed by atoms with Crippen molar-refractivity contribution in [3.05, 3.63) is 42.8 Å². The number of carbonyl (C=O) groups excluding carboxylic acids is 2. The second-order valence-electron chi connectivity index (χ2n) is 6.95. The Labute approximate surface area is 161 Å². The molecule has 9 nitrogen and oxygen atoms in total. The normalized spacial score (nSPS) is 11.9. The molecule has 3 heterocycles. The fraction of sp³-hybridized carbons (Fsp3) is 0.316. The van der Waals surface area contributed by atoms with Gasteiger partial charge in [-0.2, -0.15) is 0 Å². The van der Waals surface area contributed by atoms with Crippen LogP contribution >= 0.6 is 0 Å². The molecule has 0 saturated heterocycles. The molecule has 0 aliphatic heterocycles. The van der Waals surface area contributed by atoms with Crippen LogP contribution in [0.3, 0.4) is 0 Å². The summed E-state index contributed by atoms with van der Waals surface area (Å²) in [5, 5.41) is 8.26. The van der Waals surface area contributed by atoms with Gasteiger partial charge in [0, 0.05) is 23.2 Å². The van der Waals surface area contributed by atoms with Crippen LogP contribution in [0.15, 0.2) is 37.2 Å². The molecule has 9 heteroatoms. The molecule has 146 valence electrons. The van der Waals surface area contributed by atoms with Crippen molar-refractivity contribution < 1.29 is 19.1 Å². The molecular formula is C19H21N5O4. The van der Waals surface area contributed by atoms with E-state index in [-0.39, 0.29) is 6.61 Å². The topological polar surface area (TPSA) is 101 Å². The van der Waals surface area contributed by atoms with Gasteiger partial charge in [0.2, 0.25) is 0 Å². The smallest absolute Gasteiger partial charge is 0.419 e. The van der Waals surface area contributed by atoms with E-state index in [9.17, 15) is 9.59 Å². The molecule has 0 radical (unpaired) electrons. The summed E-state index contributed by atoms with van der Waals surface area (Å²) in [5.74, 6) is 0.110. The maximum Gasteiger partial charge on any atom is 0.419 e. The number of ether oxygens (including phenoxy) is 2. The minimum Gasteiger partial charge on any atom is -0.463 e. The second-order valence-corrected chi connectivity index (χ2v) is 6.95. The first-order chi connectivity index (χ1) is 13.3. The highest BCUT2D eigenvalue weighted by Gasteiger charge is 2.21. The molecule has 3 aromatic rings. The van der Waals surface area contributed by atoms with Crippen LogP contribution < -0.4 is 0 Å². The summed E-state index contributed by atoms with van der Waals surface area (Å²) in [6, 6.07) is 1.78. The third-order valence-corrected chi connectivity index (χ3v) is 3.67. The summed E-state index contributed by atoms with van der Waals surface area (Å²) in [7, 11) is 0. The molecule has 0 aliphatic carbocycles. The van der Waals surface area contributed by atoms with Gasteiger partial charge < -0.3 is 9.47 Å². The highest BCUT2D eigenvalue weighted by atomic mass is 16.6. The molecule has 0 amide bonds. The van der Waals surface area contributed by atoms with Crippen LogP contribution in [0.2, 0.25) is 0 Å². The second kappa shape index (κ2) is 7.63. The molecular weight excluding hydrogens is 362 g/mol. The molecule has 3 rings (SSSR count). The number of fused-ring (bicyclic) bond motifs is 1. The van der Waals surface area contributed by atoms with Crippen LogP contribution in [0, 0.1) is 0 Å². The van der Waals surface area contributed by atoms with Gasteiger partial charge in [0.1, 0.15) is 24.1 Å². The minimum absolute atomic E-state index is 0.282. The molecule has 0 spiro atoms. The first kappa shape index (κ1) is 19.3. The van der Waals surface area contributed by atoms with Crippen molar-refractivity contribution in [3.63, 3.8) is 0 Å². The summed E-state index contributed by atoms with van der Waals surface area (Å²) in [6.07, 6.45) is 8.59. The average molecular weight is 383 g/mol. The number of aromatic nitrogens is 5. The van der Waals surface area contributed by atoms with Gasteiger partial charge in [-0.1, -0.05) is 0 Å². The van der Waals surface area contributed by atoms with E-state index in [1.165, 1.54) is 23.3 Å². The van der Waals surface area contributed by atoms with E-state index >= 15 is 0 Å². The van der Waals surface area contributed by atoms with E-state index in [2.05, 4.69) is 15.2 Å². The first-order valence-corrected chi connectivity index (χ1v) is 8.73. The van der Waals surface area contributed by atoms with Gasteiger partial charge >= 0.3 is 12.1 Å². The zero-order chi connectivity index (χ0) is 20.3. The van der Waals surface area contributed by atoms with Crippen LogP contribution in [0.5, 0.6) is 0 Å². The number of hydrogen-bond acceptors (Lipinski definition) is 7. The molecule has 28 heavy (non-hydrogen) atoms. The maximum absolute atomic E-state index is 12.6. The van der Waals surface area contributed by atoms with Crippen molar-refractivity contribution in [2.24, 2.45) is 0 Å². The monoisotopic (exact) mass is 383 g/mol. The van der Waals surface area contributed by atoms with Gasteiger partial charge in [-0.3, -0.25) is 9.13 Å². The molecule has 0 aliphatic rings. The summed E-state index contributed by atoms with van der Waals surface area (Å²) in [6.45, 7) is 7.39. The van der Waals surface area contributed by atoms with Crippen molar-refractivity contribution in [1.82, 2.24) is 24.3 Å². The Hall–Kier alpha value is -3.49. The Morgan fingerprint density at radius 1 is 1.21 bits per heavy atom. The van der Waals surface area contributed by atoms with Crippen molar-refractivity contribution in [2.45, 2.75) is 33.3 Å². The number of pyridine rings is 1. The zero-order valence-corrected chi connectivity index (χ0v) is 16.1. The van der Waals surface area contributed by atoms with E-state index in [1.54, 1.807) is 56.8 Å². The molecule has 0 unspecified atom stereocenters. The minimum atomic E-state index is -0.648. The molecule has 0 saturated carbocycles. The van der Waals surface area contributed by atoms with Crippen molar-refractivity contribution in [3.8, 4) is 5.82 Å². The molecule has 0 N–H and O–H groups in total. The van der Waals surface area contributed by atoms with Crippen molar-refractivity contribution >= 4 is 29.0 Å². The van der Waals surface area contributed by atoms with Gasteiger partial charge in [0.25, 0.3) is 0 Å². The molecule has 0 fully saturated rings. The predicted molar refractivity (Wildman–Crippen MR) is 102 cm³/mol. The van der Waals surface area contributed by atoms with Gasteiger partial charge in [-0.15, -0.1) is 10.2 Å². The molecule has 0 aromatic carbocycles. The quantitative estimate of drug-likeness (QED) is 0.504. The van der Waals surface area contributed by atoms with E-state index < -0.39 is 17.7 Å². The highest BCUT2D eigenvalue weighted by Crippen LogP contribution is 2.25. The fourth-order valence-corrected chi connectivity index (χ4v) is 2.54. The van der Waals surface area contributed by atoms with Crippen molar-refractivity contribution in [1.29, 1.82) is 0 Å². The number of hydrogen-bond donors (Lipinski definition) is 0. The average Bonchev–Trinajstić information content (AvgIpc) is 3.26. The number of rotatable bonds is 4. The van der Waals surface area contributed by atoms with Crippen LogP contribution in [-0.4, -0.2) is 48.6 Å². The lowest BCUT2D eigenvalue weighted by Crippen LogP contribution is -2.26. The summed E-state index contributed by atoms with van der Waals surface area (Å²) in [5.41, 5.74) is 0.546. The number of carbonyl (C=O) groups is 2. The van der Waals surface area contributed by atoms with Gasteiger partial charge in [0.05, 0.1) is 18.3 Å². The number of esters is 1. The fourth-order valence-electron chi connectivity index (χ4n) is 2.54. The summed E-state index contributed by atoms with van der Waals surface area (Å²) >= 11 is 0. The third kappa shape index (κ3) is 4.25. The van der Waals surface area contributed by atoms with E-state index in [0.717, 1.165) is 0 Å². The third-order valence-electron chi connectivity index (χ3n) is 3.67. The molecule has 0 atom stereocenters. The zero-order valence-electron chi connectivity index (χ0n) is 16.1. The van der Waals surface area contributed by atoms with Gasteiger partial charge in [-0.05, 0) is 39.8 Å². The van der Waals surface area contributed by atoms with E-state index in [4.69, 9.17) is 9.47 Å². The predicted octanol–water partition coefficient (Wildman–Crippen LogP) is 2.98. The molecule has 3 aromatic heterocycles. The van der Waals surface area contributed by atoms with E-state index in [0.29, 0.717) is 22.3 Å². The summed E-state index contributed by atoms with van der Waals surface area (Å²) < 4.78 is 13.4. The standard InChI is InChI=1S/C19H21N5O4/c1-5-27-17(25)7-6-13-10-24(18(26)28-19(2,3)4)15-9-20-16(8-14(13)15)23-11-21-22-12-23/h6-12H,5H2,1-4H3/b7-6+. The SMILES string of the molecule is CCOC(=O)/C=C/c1cn(C(=O)OC(C)(C)C)c2cnc(-n3cnnc3)cc12. The maximum atomic E-state index is 12.6. The Kier molecular flexibility index (Phi) is 5.25. The van der Waals surface area contributed by atoms with Crippen molar-refractivity contribution in [2.75, 3.05) is 6.61 Å². The van der Waals surface area contributed by atoms with Crippen LogP contribution in [-0.2, 0) is 14.3 Å². The first-order valence-electron chi connectivity index (χ1n) is 8.73. The lowest BCUT2D eigenvalue weighted by Gasteiger charge is -2.19. The summed E-state index contributed by atoms with van der Waals surface area (Å²) in [4.78, 5) is 28.7. The van der Waals surface area contributed by atoms with Crippen LogP contribution in [0.25, 0.3) is 22.8 Å². The highest BCUT2D eigenvalue weighted by molar-refractivity contribution is 5.98. The Morgan fingerprint density at radius 2 is 1.93 bits per heavy atom.